The van der Waals surface area contributed by atoms with Crippen LogP contribution in [0.3, 0.4) is 0 Å². The smallest absolute Gasteiger partial charge is 0.0758 e. The molecule has 82 valence electrons. The van der Waals surface area contributed by atoms with Crippen LogP contribution in [0, 0.1) is 0 Å². The largest absolute Gasteiger partial charge is 0.548 e. The number of hydrogen-bond donors (Lipinski definition) is 0. The van der Waals surface area contributed by atoms with Crippen LogP contribution in [0.15, 0.2) is 24.3 Å². The fourth-order valence-electron chi connectivity index (χ4n) is 1.61. The van der Waals surface area contributed by atoms with Crippen molar-refractivity contribution in [2.75, 3.05) is 4.67 Å². The highest BCUT2D eigenvalue weighted by Crippen LogP contribution is 2.34. The first kappa shape index (κ1) is 12.0. The maximum atomic E-state index is 10.7. The second kappa shape index (κ2) is 5.13. The van der Waals surface area contributed by atoms with Crippen molar-refractivity contribution in [3.05, 3.63) is 29.8 Å². The van der Waals surface area contributed by atoms with Crippen LogP contribution in [-0.2, 0) is 11.2 Å². The van der Waals surface area contributed by atoms with Crippen molar-refractivity contribution in [3.63, 3.8) is 0 Å². The van der Waals surface area contributed by atoms with Crippen LogP contribution in [0.25, 0.3) is 0 Å². The molecule has 1 aromatic rings. The van der Waals surface area contributed by atoms with Gasteiger partial charge in [-0.05, 0) is 21.0 Å². The molecule has 4 heteroatoms. The van der Waals surface area contributed by atoms with Gasteiger partial charge in [0, 0.05) is 12.1 Å². The monoisotopic (exact) mass is 224 g/mol. The lowest BCUT2D eigenvalue weighted by Crippen LogP contribution is -2.42. The summed E-state index contributed by atoms with van der Waals surface area (Å²) in [5.74, 6) is -1.02. The molecule has 2 rings (SSSR count). The summed E-state index contributed by atoms with van der Waals surface area (Å²) in [6.07, 6.45) is 0.530. The summed E-state index contributed by atoms with van der Waals surface area (Å²) >= 11 is 0. The number of aliphatic carboxylic acids is 1. The third kappa shape index (κ3) is 2.29. The number of rotatable bonds is 1. The zero-order valence-electron chi connectivity index (χ0n) is 8.93. The Kier molecular flexibility index (Phi) is 4.10. The molecule has 0 amide bonds. The number of carbonyl (C=O) groups is 1. The van der Waals surface area contributed by atoms with Gasteiger partial charge in [-0.3, -0.25) is 0 Å². The quantitative estimate of drug-likeness (QED) is 0.668. The second-order valence-corrected chi connectivity index (χ2v) is 3.63. The lowest BCUT2D eigenvalue weighted by atomic mass is 10.1. The number of hydrogen-bond acceptors (Lipinski definition) is 3. The molecule has 15 heavy (non-hydrogen) atoms. The summed E-state index contributed by atoms with van der Waals surface area (Å²) in [5, 5.41) is 10.7. The van der Waals surface area contributed by atoms with E-state index in [0.717, 1.165) is 11.3 Å². The van der Waals surface area contributed by atoms with Crippen molar-refractivity contribution in [1.29, 1.82) is 0 Å². The van der Waals surface area contributed by atoms with Crippen molar-refractivity contribution in [3.8, 4) is 0 Å². The summed E-state index contributed by atoms with van der Waals surface area (Å²) in [5.41, 5.74) is 2.02. The highest BCUT2D eigenvalue weighted by Gasteiger charge is 2.26. The minimum absolute atomic E-state index is 0.530. The van der Waals surface area contributed by atoms with E-state index in [1.165, 1.54) is 0 Å². The first-order valence-electron chi connectivity index (χ1n) is 5.03. The second-order valence-electron chi connectivity index (χ2n) is 3.07. The Morgan fingerprint density at radius 2 is 2.07 bits per heavy atom. The van der Waals surface area contributed by atoms with E-state index in [4.69, 9.17) is 0 Å². The summed E-state index contributed by atoms with van der Waals surface area (Å²) in [6.45, 7) is 4.00. The van der Waals surface area contributed by atoms with Crippen LogP contribution in [0.4, 0.5) is 5.69 Å². The molecular formula is C11H15NO2P-. The summed E-state index contributed by atoms with van der Waals surface area (Å²) in [4.78, 5) is 10.7. The standard InChI is InChI=1S/C9H10NO2P.C2H6/c11-9(12)8-5-6-3-1-2-4-7(6)10(8)13;1-2/h1-4,8H,5,13H2,(H,11,12);1-2H3/p-1. The predicted octanol–water partition coefficient (Wildman–Crippen LogP) is 0.984. The first-order valence-corrected chi connectivity index (χ1v) is 5.54. The third-order valence-corrected chi connectivity index (χ3v) is 2.93. The van der Waals surface area contributed by atoms with E-state index in [1.54, 1.807) is 4.67 Å². The van der Waals surface area contributed by atoms with E-state index < -0.39 is 12.0 Å². The SMILES string of the molecule is CC.O=C([O-])C1Cc2ccccc2N1P. The molecule has 1 heterocycles. The van der Waals surface area contributed by atoms with Crippen LogP contribution < -0.4 is 9.78 Å². The van der Waals surface area contributed by atoms with Crippen LogP contribution in [0.1, 0.15) is 19.4 Å². The van der Waals surface area contributed by atoms with E-state index in [0.29, 0.717) is 6.42 Å². The molecule has 2 atom stereocenters. The zero-order valence-corrected chi connectivity index (χ0v) is 10.1. The van der Waals surface area contributed by atoms with Crippen molar-refractivity contribution >= 4 is 21.0 Å². The Labute approximate surface area is 92.4 Å². The normalized spacial score (nSPS) is 17.8. The molecule has 3 nitrogen and oxygen atoms in total. The molecule has 0 bridgehead atoms. The molecule has 0 saturated carbocycles. The molecule has 1 aromatic carbocycles. The molecule has 1 aliphatic rings. The van der Waals surface area contributed by atoms with Crippen molar-refractivity contribution in [2.24, 2.45) is 0 Å². The fourth-order valence-corrected chi connectivity index (χ4v) is 2.09. The van der Waals surface area contributed by atoms with Gasteiger partial charge in [-0.15, -0.1) is 0 Å². The van der Waals surface area contributed by atoms with Crippen LogP contribution in [0.2, 0.25) is 0 Å². The number of anilines is 1. The average molecular weight is 224 g/mol. The van der Waals surface area contributed by atoms with E-state index in [2.05, 4.69) is 9.39 Å². The Balaban J connectivity index is 0.000000531. The van der Waals surface area contributed by atoms with Crippen LogP contribution in [0.5, 0.6) is 0 Å². The number of carboxylic acid groups (broad SMARTS) is 1. The molecule has 0 saturated heterocycles. The highest BCUT2D eigenvalue weighted by atomic mass is 31.0. The minimum atomic E-state index is -1.02. The zero-order chi connectivity index (χ0) is 11.4. The fraction of sp³-hybridized carbons (Fsp3) is 0.364. The lowest BCUT2D eigenvalue weighted by Gasteiger charge is -2.22. The van der Waals surface area contributed by atoms with Gasteiger partial charge in [0.15, 0.2) is 0 Å². The lowest BCUT2D eigenvalue weighted by molar-refractivity contribution is -0.306. The van der Waals surface area contributed by atoms with Crippen molar-refractivity contribution < 1.29 is 9.90 Å². The third-order valence-electron chi connectivity index (χ3n) is 2.29. The number of carbonyl (C=O) groups excluding carboxylic acids is 1. The van der Waals surface area contributed by atoms with Gasteiger partial charge < -0.3 is 14.6 Å². The van der Waals surface area contributed by atoms with Crippen molar-refractivity contribution in [2.45, 2.75) is 26.3 Å². The molecule has 0 aromatic heterocycles. The number of carboxylic acids is 1. The van der Waals surface area contributed by atoms with Gasteiger partial charge in [0.2, 0.25) is 0 Å². The predicted molar refractivity (Wildman–Crippen MR) is 62.5 cm³/mol. The van der Waals surface area contributed by atoms with E-state index in [9.17, 15) is 9.90 Å². The molecule has 0 fully saturated rings. The molecule has 0 N–H and O–H groups in total. The Morgan fingerprint density at radius 1 is 1.47 bits per heavy atom. The van der Waals surface area contributed by atoms with Gasteiger partial charge in [-0.25, -0.2) is 0 Å². The van der Waals surface area contributed by atoms with Crippen LogP contribution in [-0.4, -0.2) is 12.0 Å². The number of para-hydroxylation sites is 1. The summed E-state index contributed by atoms with van der Waals surface area (Å²) in [7, 11) is 2.42. The maximum absolute atomic E-state index is 10.7. The van der Waals surface area contributed by atoms with Crippen LogP contribution >= 0.6 is 9.39 Å². The van der Waals surface area contributed by atoms with E-state index >= 15 is 0 Å². The number of benzene rings is 1. The molecule has 0 aliphatic carbocycles. The van der Waals surface area contributed by atoms with Crippen molar-refractivity contribution in [1.82, 2.24) is 0 Å². The molecule has 1 aliphatic heterocycles. The van der Waals surface area contributed by atoms with Gasteiger partial charge >= 0.3 is 0 Å². The molecule has 0 radical (unpaired) electrons. The van der Waals surface area contributed by atoms with Gasteiger partial charge in [0.25, 0.3) is 0 Å². The Hall–Kier alpha value is -1.08. The Morgan fingerprint density at radius 3 is 2.60 bits per heavy atom. The van der Waals surface area contributed by atoms with Gasteiger partial charge in [0.1, 0.15) is 0 Å². The van der Waals surface area contributed by atoms with Gasteiger partial charge in [-0.1, -0.05) is 32.0 Å². The average Bonchev–Trinajstić information content (AvgIpc) is 2.60. The number of nitrogens with zero attached hydrogens (tertiary/aromatic N) is 1. The van der Waals surface area contributed by atoms with Gasteiger partial charge in [-0.2, -0.15) is 0 Å². The van der Waals surface area contributed by atoms with E-state index in [-0.39, 0.29) is 0 Å². The Bertz CT molecular complexity index is 354. The van der Waals surface area contributed by atoms with Gasteiger partial charge in [0.05, 0.1) is 12.0 Å². The maximum Gasteiger partial charge on any atom is 0.0758 e. The minimum Gasteiger partial charge on any atom is -0.548 e. The summed E-state index contributed by atoms with van der Waals surface area (Å²) < 4.78 is 1.67. The topological polar surface area (TPSA) is 43.4 Å². The molecule has 2 unspecified atom stereocenters. The number of fused-ring (bicyclic) bond motifs is 1. The first-order chi connectivity index (χ1) is 7.20. The molecule has 0 spiro atoms. The summed E-state index contributed by atoms with van der Waals surface area (Å²) in [6, 6.07) is 7.12. The highest BCUT2D eigenvalue weighted by molar-refractivity contribution is 7.19. The van der Waals surface area contributed by atoms with E-state index in [1.807, 2.05) is 38.1 Å². The molecular weight excluding hydrogens is 209 g/mol.